The van der Waals surface area contributed by atoms with Crippen LogP contribution in [-0.4, -0.2) is 23.6 Å². The zero-order chi connectivity index (χ0) is 12.3. The van der Waals surface area contributed by atoms with Gasteiger partial charge < -0.3 is 5.32 Å². The van der Waals surface area contributed by atoms with Gasteiger partial charge in [0.2, 0.25) is 0 Å². The molecule has 1 aliphatic rings. The Morgan fingerprint density at radius 1 is 1.12 bits per heavy atom. The summed E-state index contributed by atoms with van der Waals surface area (Å²) < 4.78 is 0. The molecule has 0 bridgehead atoms. The molecule has 1 saturated heterocycles. The minimum Gasteiger partial charge on any atom is -0.313 e. The van der Waals surface area contributed by atoms with Crippen molar-refractivity contribution in [3.63, 3.8) is 0 Å². The summed E-state index contributed by atoms with van der Waals surface area (Å²) in [4.78, 5) is 0. The summed E-state index contributed by atoms with van der Waals surface area (Å²) in [6, 6.07) is 0.789. The highest BCUT2D eigenvalue weighted by molar-refractivity contribution is 8.00. The standard InChI is InChI=1S/C15H31NS/c1-3-5-6-7-10-14(16-12-4-2)15-11-8-9-13-17-15/h14-16H,3-13H2,1-2H3. The monoisotopic (exact) mass is 257 g/mol. The van der Waals surface area contributed by atoms with Crippen molar-refractivity contribution in [3.8, 4) is 0 Å². The molecule has 0 radical (unpaired) electrons. The van der Waals surface area contributed by atoms with E-state index in [0.717, 1.165) is 11.3 Å². The molecule has 102 valence electrons. The highest BCUT2D eigenvalue weighted by atomic mass is 32.2. The smallest absolute Gasteiger partial charge is 0.0201 e. The first-order chi connectivity index (χ1) is 8.38. The van der Waals surface area contributed by atoms with E-state index in [4.69, 9.17) is 0 Å². The van der Waals surface area contributed by atoms with E-state index in [-0.39, 0.29) is 0 Å². The van der Waals surface area contributed by atoms with Crippen molar-refractivity contribution >= 4 is 11.8 Å². The summed E-state index contributed by atoms with van der Waals surface area (Å²) in [6.07, 6.45) is 12.6. The number of unbranched alkanes of at least 4 members (excludes halogenated alkanes) is 3. The minimum absolute atomic E-state index is 0.789. The third-order valence-corrected chi connectivity index (χ3v) is 5.21. The number of thioether (sulfide) groups is 1. The molecule has 0 aromatic rings. The van der Waals surface area contributed by atoms with Crippen LogP contribution >= 0.6 is 11.8 Å². The van der Waals surface area contributed by atoms with Crippen LogP contribution in [-0.2, 0) is 0 Å². The van der Waals surface area contributed by atoms with Gasteiger partial charge in [0.1, 0.15) is 0 Å². The Morgan fingerprint density at radius 3 is 2.65 bits per heavy atom. The maximum absolute atomic E-state index is 3.80. The highest BCUT2D eigenvalue weighted by Gasteiger charge is 2.22. The average molecular weight is 257 g/mol. The number of hydrogen-bond acceptors (Lipinski definition) is 2. The van der Waals surface area contributed by atoms with Crippen LogP contribution in [0.25, 0.3) is 0 Å². The summed E-state index contributed by atoms with van der Waals surface area (Å²) in [7, 11) is 0. The number of nitrogens with one attached hydrogen (secondary N) is 1. The van der Waals surface area contributed by atoms with Crippen LogP contribution < -0.4 is 5.32 Å². The maximum atomic E-state index is 3.80. The predicted octanol–water partition coefficient (Wildman–Crippen LogP) is 4.61. The molecular weight excluding hydrogens is 226 g/mol. The summed E-state index contributed by atoms with van der Waals surface area (Å²) >= 11 is 2.22. The molecule has 1 nitrogen and oxygen atoms in total. The largest absolute Gasteiger partial charge is 0.313 e. The number of rotatable bonds is 9. The Hall–Kier alpha value is 0.310. The van der Waals surface area contributed by atoms with Crippen LogP contribution in [0.5, 0.6) is 0 Å². The van der Waals surface area contributed by atoms with Gasteiger partial charge in [0.25, 0.3) is 0 Å². The van der Waals surface area contributed by atoms with Crippen LogP contribution in [0.1, 0.15) is 71.6 Å². The topological polar surface area (TPSA) is 12.0 Å². The van der Waals surface area contributed by atoms with E-state index < -0.39 is 0 Å². The molecule has 1 N–H and O–H groups in total. The van der Waals surface area contributed by atoms with Crippen molar-refractivity contribution in [3.05, 3.63) is 0 Å². The zero-order valence-electron chi connectivity index (χ0n) is 11.8. The lowest BCUT2D eigenvalue weighted by Gasteiger charge is -2.30. The molecular formula is C15H31NS. The first kappa shape index (κ1) is 15.4. The Bertz CT molecular complexity index is 166. The second kappa shape index (κ2) is 10.3. The fraction of sp³-hybridized carbons (Fsp3) is 1.00. The molecule has 1 aliphatic heterocycles. The second-order valence-electron chi connectivity index (χ2n) is 5.31. The minimum atomic E-state index is 0.789. The maximum Gasteiger partial charge on any atom is 0.0201 e. The van der Waals surface area contributed by atoms with Crippen molar-refractivity contribution in [2.75, 3.05) is 12.3 Å². The molecule has 17 heavy (non-hydrogen) atoms. The molecule has 2 heteroatoms. The van der Waals surface area contributed by atoms with Gasteiger partial charge in [-0.15, -0.1) is 0 Å². The summed E-state index contributed by atoms with van der Waals surface area (Å²) in [5.74, 6) is 1.39. The number of hydrogen-bond donors (Lipinski definition) is 1. The van der Waals surface area contributed by atoms with E-state index in [2.05, 4.69) is 30.9 Å². The van der Waals surface area contributed by atoms with Gasteiger partial charge in [-0.1, -0.05) is 46.0 Å². The van der Waals surface area contributed by atoms with E-state index >= 15 is 0 Å². The van der Waals surface area contributed by atoms with E-state index in [1.807, 2.05) is 0 Å². The van der Waals surface area contributed by atoms with Gasteiger partial charge >= 0.3 is 0 Å². The second-order valence-corrected chi connectivity index (χ2v) is 6.66. The van der Waals surface area contributed by atoms with Crippen LogP contribution in [0.3, 0.4) is 0 Å². The van der Waals surface area contributed by atoms with Gasteiger partial charge in [0, 0.05) is 11.3 Å². The first-order valence-electron chi connectivity index (χ1n) is 7.73. The highest BCUT2D eigenvalue weighted by Crippen LogP contribution is 2.29. The van der Waals surface area contributed by atoms with Gasteiger partial charge in [-0.25, -0.2) is 0 Å². The molecule has 0 spiro atoms. The SMILES string of the molecule is CCCCCCC(NCCC)C1CCCCS1. The molecule has 1 rings (SSSR count). The van der Waals surface area contributed by atoms with Crippen molar-refractivity contribution in [1.29, 1.82) is 0 Å². The van der Waals surface area contributed by atoms with Crippen LogP contribution in [0, 0.1) is 0 Å². The molecule has 0 aromatic carbocycles. The van der Waals surface area contributed by atoms with E-state index in [9.17, 15) is 0 Å². The van der Waals surface area contributed by atoms with Gasteiger partial charge in [-0.2, -0.15) is 11.8 Å². The molecule has 1 heterocycles. The lowest BCUT2D eigenvalue weighted by molar-refractivity contribution is 0.422. The Labute approximate surface area is 113 Å². The molecule has 0 aliphatic carbocycles. The molecule has 0 amide bonds. The van der Waals surface area contributed by atoms with Crippen LogP contribution in [0.15, 0.2) is 0 Å². The molecule has 2 atom stereocenters. The Balaban J connectivity index is 2.25. The van der Waals surface area contributed by atoms with Crippen LogP contribution in [0.2, 0.25) is 0 Å². The van der Waals surface area contributed by atoms with E-state index in [1.165, 1.54) is 70.1 Å². The van der Waals surface area contributed by atoms with Gasteiger partial charge in [0.05, 0.1) is 0 Å². The van der Waals surface area contributed by atoms with Gasteiger partial charge in [-0.3, -0.25) is 0 Å². The van der Waals surface area contributed by atoms with Crippen molar-refractivity contribution in [2.24, 2.45) is 0 Å². The summed E-state index contributed by atoms with van der Waals surface area (Å²) in [5.41, 5.74) is 0. The molecule has 1 fully saturated rings. The average Bonchev–Trinajstić information content (AvgIpc) is 2.39. The van der Waals surface area contributed by atoms with Gasteiger partial charge in [0.15, 0.2) is 0 Å². The summed E-state index contributed by atoms with van der Waals surface area (Å²) in [5, 5.41) is 4.70. The molecule has 0 aromatic heterocycles. The lowest BCUT2D eigenvalue weighted by atomic mass is 10.0. The zero-order valence-corrected chi connectivity index (χ0v) is 12.7. The normalized spacial score (nSPS) is 22.6. The quantitative estimate of drug-likeness (QED) is 0.605. The third kappa shape index (κ3) is 6.71. The molecule has 0 saturated carbocycles. The fourth-order valence-electron chi connectivity index (χ4n) is 2.62. The van der Waals surface area contributed by atoms with E-state index in [0.29, 0.717) is 0 Å². The van der Waals surface area contributed by atoms with Gasteiger partial charge in [-0.05, 0) is 38.0 Å². The third-order valence-electron chi connectivity index (χ3n) is 3.69. The van der Waals surface area contributed by atoms with Crippen molar-refractivity contribution in [2.45, 2.75) is 82.9 Å². The van der Waals surface area contributed by atoms with Crippen molar-refractivity contribution in [1.82, 2.24) is 5.32 Å². The lowest BCUT2D eigenvalue weighted by Crippen LogP contribution is -2.39. The summed E-state index contributed by atoms with van der Waals surface area (Å²) in [6.45, 7) is 5.77. The van der Waals surface area contributed by atoms with E-state index in [1.54, 1.807) is 0 Å². The Morgan fingerprint density at radius 2 is 2.00 bits per heavy atom. The molecule has 2 unspecified atom stereocenters. The Kier molecular flexibility index (Phi) is 9.27. The first-order valence-corrected chi connectivity index (χ1v) is 8.78. The van der Waals surface area contributed by atoms with Crippen molar-refractivity contribution < 1.29 is 0 Å². The predicted molar refractivity (Wildman–Crippen MR) is 80.9 cm³/mol. The van der Waals surface area contributed by atoms with Crippen LogP contribution in [0.4, 0.5) is 0 Å². The fourth-order valence-corrected chi connectivity index (χ4v) is 4.09.